The van der Waals surface area contributed by atoms with E-state index in [-0.39, 0.29) is 5.97 Å². The number of methoxy groups -OCH3 is 1. The molecule has 0 fully saturated rings. The molecule has 0 spiro atoms. The number of carbonyl (C=O) groups excluding carboxylic acids is 1. The molecule has 21 heavy (non-hydrogen) atoms. The van der Waals surface area contributed by atoms with Crippen LogP contribution in [0.2, 0.25) is 0 Å². The van der Waals surface area contributed by atoms with Crippen LogP contribution in [0.5, 0.6) is 0 Å². The summed E-state index contributed by atoms with van der Waals surface area (Å²) in [6.07, 6.45) is 4.40. The van der Waals surface area contributed by atoms with Crippen molar-refractivity contribution in [3.8, 4) is 0 Å². The van der Waals surface area contributed by atoms with Crippen molar-refractivity contribution in [3.63, 3.8) is 0 Å². The Balaban J connectivity index is 1.98. The van der Waals surface area contributed by atoms with Gasteiger partial charge in [-0.15, -0.1) is 11.3 Å². The molecule has 1 aromatic carbocycles. The van der Waals surface area contributed by atoms with Crippen LogP contribution in [-0.4, -0.2) is 13.1 Å². The van der Waals surface area contributed by atoms with E-state index in [0.717, 1.165) is 35.5 Å². The number of benzene rings is 1. The lowest BCUT2D eigenvalue weighted by Gasteiger charge is -2.12. The molecule has 0 saturated carbocycles. The number of hydrogen-bond acceptors (Lipinski definition) is 4. The fraction of sp³-hybridized carbons (Fsp3) is 0.353. The Morgan fingerprint density at radius 1 is 1.19 bits per heavy atom. The van der Waals surface area contributed by atoms with Crippen molar-refractivity contribution in [1.29, 1.82) is 0 Å². The van der Waals surface area contributed by atoms with Gasteiger partial charge in [-0.2, -0.15) is 0 Å². The molecule has 3 nitrogen and oxygen atoms in total. The lowest BCUT2D eigenvalue weighted by atomic mass is 9.95. The number of aryl methyl sites for hydroxylation is 2. The molecule has 0 saturated heterocycles. The normalized spacial score (nSPS) is 13.6. The van der Waals surface area contributed by atoms with Gasteiger partial charge >= 0.3 is 5.97 Å². The molecule has 0 atom stereocenters. The summed E-state index contributed by atoms with van der Waals surface area (Å²) in [6.45, 7) is 2.06. The molecule has 1 aliphatic rings. The van der Waals surface area contributed by atoms with Crippen molar-refractivity contribution in [2.45, 2.75) is 32.6 Å². The number of ether oxygens (including phenoxy) is 1. The number of rotatable bonds is 3. The van der Waals surface area contributed by atoms with E-state index in [9.17, 15) is 4.79 Å². The molecule has 0 amide bonds. The second kappa shape index (κ2) is 5.90. The number of carbonyl (C=O) groups is 1. The number of anilines is 2. The molecule has 4 heteroatoms. The topological polar surface area (TPSA) is 38.3 Å². The molecule has 1 N–H and O–H groups in total. The summed E-state index contributed by atoms with van der Waals surface area (Å²) >= 11 is 1.69. The molecule has 0 bridgehead atoms. The van der Waals surface area contributed by atoms with E-state index in [0.29, 0.717) is 0 Å². The zero-order valence-corrected chi connectivity index (χ0v) is 13.2. The minimum Gasteiger partial charge on any atom is -0.465 e. The summed E-state index contributed by atoms with van der Waals surface area (Å²) < 4.78 is 4.99. The van der Waals surface area contributed by atoms with Crippen LogP contribution in [0.1, 0.15) is 39.2 Å². The summed E-state index contributed by atoms with van der Waals surface area (Å²) in [7, 11) is 1.45. The zero-order valence-electron chi connectivity index (χ0n) is 12.4. The van der Waals surface area contributed by atoms with Crippen molar-refractivity contribution in [2.75, 3.05) is 12.4 Å². The quantitative estimate of drug-likeness (QED) is 0.850. The van der Waals surface area contributed by atoms with Crippen LogP contribution in [-0.2, 0) is 17.6 Å². The van der Waals surface area contributed by atoms with E-state index >= 15 is 0 Å². The Bertz CT molecular complexity index is 658. The van der Waals surface area contributed by atoms with Gasteiger partial charge in [0.15, 0.2) is 0 Å². The standard InChI is InChI=1S/C17H19NO2S/c1-11-7-9-12(10-8-11)18-16-15(17(19)20-2)13-5-3-4-6-14(13)21-16/h7-10,18H,3-6H2,1-2H3. The van der Waals surface area contributed by atoms with Gasteiger partial charge in [0.05, 0.1) is 12.7 Å². The minimum absolute atomic E-state index is 0.232. The number of esters is 1. The summed E-state index contributed by atoms with van der Waals surface area (Å²) in [6, 6.07) is 8.20. The van der Waals surface area contributed by atoms with Crippen molar-refractivity contribution in [2.24, 2.45) is 0 Å². The van der Waals surface area contributed by atoms with Gasteiger partial charge in [0.25, 0.3) is 0 Å². The maximum Gasteiger partial charge on any atom is 0.341 e. The highest BCUT2D eigenvalue weighted by Crippen LogP contribution is 2.39. The first-order valence-corrected chi connectivity index (χ1v) is 8.07. The van der Waals surface area contributed by atoms with E-state index in [1.54, 1.807) is 11.3 Å². The van der Waals surface area contributed by atoms with Crippen LogP contribution in [0.3, 0.4) is 0 Å². The van der Waals surface area contributed by atoms with Crippen molar-refractivity contribution in [3.05, 3.63) is 45.8 Å². The van der Waals surface area contributed by atoms with Crippen LogP contribution in [0.25, 0.3) is 0 Å². The third kappa shape index (κ3) is 2.81. The fourth-order valence-corrected chi connectivity index (χ4v) is 4.04. The van der Waals surface area contributed by atoms with E-state index < -0.39 is 0 Å². The molecule has 0 aliphatic heterocycles. The Kier molecular flexibility index (Phi) is 3.97. The van der Waals surface area contributed by atoms with Gasteiger partial charge in [0, 0.05) is 10.6 Å². The van der Waals surface area contributed by atoms with E-state index in [1.807, 2.05) is 12.1 Å². The zero-order chi connectivity index (χ0) is 14.8. The molecule has 1 aliphatic carbocycles. The monoisotopic (exact) mass is 301 g/mol. The summed E-state index contributed by atoms with van der Waals surface area (Å²) in [5.41, 5.74) is 4.15. The smallest absolute Gasteiger partial charge is 0.341 e. The van der Waals surface area contributed by atoms with Crippen LogP contribution in [0.15, 0.2) is 24.3 Å². The van der Waals surface area contributed by atoms with Gasteiger partial charge in [0.1, 0.15) is 5.00 Å². The molecule has 1 aromatic heterocycles. The lowest BCUT2D eigenvalue weighted by Crippen LogP contribution is -2.09. The molecule has 0 radical (unpaired) electrons. The van der Waals surface area contributed by atoms with Crippen LogP contribution in [0, 0.1) is 6.92 Å². The number of thiophene rings is 1. The maximum absolute atomic E-state index is 12.2. The maximum atomic E-state index is 12.2. The van der Waals surface area contributed by atoms with Crippen LogP contribution >= 0.6 is 11.3 Å². The average molecular weight is 301 g/mol. The van der Waals surface area contributed by atoms with Crippen molar-refractivity contribution >= 4 is 28.0 Å². The van der Waals surface area contributed by atoms with Crippen molar-refractivity contribution in [1.82, 2.24) is 0 Å². The third-order valence-electron chi connectivity index (χ3n) is 3.87. The van der Waals surface area contributed by atoms with Gasteiger partial charge in [-0.05, 0) is 50.3 Å². The van der Waals surface area contributed by atoms with E-state index in [4.69, 9.17) is 4.74 Å². The number of nitrogens with one attached hydrogen (secondary N) is 1. The fourth-order valence-electron chi connectivity index (χ4n) is 2.74. The summed E-state index contributed by atoms with van der Waals surface area (Å²) in [5, 5.41) is 4.30. The van der Waals surface area contributed by atoms with Gasteiger partial charge < -0.3 is 10.1 Å². The highest BCUT2D eigenvalue weighted by atomic mass is 32.1. The van der Waals surface area contributed by atoms with Gasteiger partial charge in [-0.1, -0.05) is 17.7 Å². The molecular weight excluding hydrogens is 282 g/mol. The van der Waals surface area contributed by atoms with Crippen LogP contribution < -0.4 is 5.32 Å². The summed E-state index contributed by atoms with van der Waals surface area (Å²) in [5.74, 6) is -0.232. The predicted octanol–water partition coefficient (Wildman–Crippen LogP) is 4.47. The summed E-state index contributed by atoms with van der Waals surface area (Å²) in [4.78, 5) is 13.5. The highest BCUT2D eigenvalue weighted by Gasteiger charge is 2.25. The SMILES string of the molecule is COC(=O)c1c(Nc2ccc(C)cc2)sc2c1CCCC2. The Hall–Kier alpha value is -1.81. The van der Waals surface area contributed by atoms with Gasteiger partial charge in [-0.25, -0.2) is 4.79 Å². The molecule has 110 valence electrons. The second-order valence-corrected chi connectivity index (χ2v) is 6.50. The number of hydrogen-bond donors (Lipinski definition) is 1. The first-order chi connectivity index (χ1) is 10.2. The lowest BCUT2D eigenvalue weighted by molar-refractivity contribution is 0.0601. The van der Waals surface area contributed by atoms with E-state index in [2.05, 4.69) is 24.4 Å². The Morgan fingerprint density at radius 2 is 1.90 bits per heavy atom. The average Bonchev–Trinajstić information content (AvgIpc) is 2.86. The molecular formula is C17H19NO2S. The second-order valence-electron chi connectivity index (χ2n) is 5.40. The Morgan fingerprint density at radius 3 is 2.62 bits per heavy atom. The molecule has 2 aromatic rings. The van der Waals surface area contributed by atoms with E-state index in [1.165, 1.54) is 29.5 Å². The Labute approximate surface area is 129 Å². The molecule has 3 rings (SSSR count). The van der Waals surface area contributed by atoms with Gasteiger partial charge in [0.2, 0.25) is 0 Å². The first kappa shape index (κ1) is 14.1. The van der Waals surface area contributed by atoms with Crippen LogP contribution in [0.4, 0.5) is 10.7 Å². The molecule has 1 heterocycles. The first-order valence-electron chi connectivity index (χ1n) is 7.25. The number of fused-ring (bicyclic) bond motifs is 1. The van der Waals surface area contributed by atoms with Crippen molar-refractivity contribution < 1.29 is 9.53 Å². The molecule has 0 unspecified atom stereocenters. The highest BCUT2D eigenvalue weighted by molar-refractivity contribution is 7.16. The predicted molar refractivity (Wildman–Crippen MR) is 86.8 cm³/mol. The minimum atomic E-state index is -0.232. The third-order valence-corrected chi connectivity index (χ3v) is 5.08. The largest absolute Gasteiger partial charge is 0.465 e. The van der Waals surface area contributed by atoms with Gasteiger partial charge in [-0.3, -0.25) is 0 Å².